The molecule has 19 heavy (non-hydrogen) atoms. The summed E-state index contributed by atoms with van der Waals surface area (Å²) in [6.07, 6.45) is -1.34. The van der Waals surface area contributed by atoms with Crippen LogP contribution in [0.3, 0.4) is 0 Å². The Balaban J connectivity index is 2.48. The van der Waals surface area contributed by atoms with Gasteiger partial charge in [-0.1, -0.05) is 0 Å². The first-order valence-corrected chi connectivity index (χ1v) is 6.08. The third-order valence-corrected chi connectivity index (χ3v) is 2.91. The van der Waals surface area contributed by atoms with Gasteiger partial charge in [-0.15, -0.1) is 0 Å². The Morgan fingerprint density at radius 1 is 1.42 bits per heavy atom. The standard InChI is InChI=1S/C14H17NO4/c1-4-19-14(17)13(16)10-7-11-9(5-8(2)15-11)6-12(10)18-3/h5-7,13,15-16H,4H2,1-3H3. The molecule has 1 heterocycles. The molecule has 0 radical (unpaired) electrons. The molecule has 0 spiro atoms. The van der Waals surface area contributed by atoms with Crippen molar-refractivity contribution >= 4 is 16.9 Å². The van der Waals surface area contributed by atoms with E-state index in [1.54, 1.807) is 19.1 Å². The van der Waals surface area contributed by atoms with Gasteiger partial charge >= 0.3 is 5.97 Å². The van der Waals surface area contributed by atoms with Crippen LogP contribution in [0, 0.1) is 6.92 Å². The summed E-state index contributed by atoms with van der Waals surface area (Å²) in [5, 5.41) is 11.0. The summed E-state index contributed by atoms with van der Waals surface area (Å²) in [6.45, 7) is 3.86. The second-order valence-electron chi connectivity index (χ2n) is 4.29. The van der Waals surface area contributed by atoms with Crippen molar-refractivity contribution in [1.29, 1.82) is 0 Å². The third kappa shape index (κ3) is 2.56. The van der Waals surface area contributed by atoms with Crippen LogP contribution in [-0.4, -0.2) is 29.8 Å². The highest BCUT2D eigenvalue weighted by molar-refractivity contribution is 5.86. The number of methoxy groups -OCH3 is 1. The minimum Gasteiger partial charge on any atom is -0.496 e. The van der Waals surface area contributed by atoms with Crippen molar-refractivity contribution in [2.24, 2.45) is 0 Å². The average molecular weight is 263 g/mol. The van der Waals surface area contributed by atoms with Crippen molar-refractivity contribution in [1.82, 2.24) is 4.98 Å². The smallest absolute Gasteiger partial charge is 0.339 e. The van der Waals surface area contributed by atoms with Crippen molar-refractivity contribution in [3.8, 4) is 5.75 Å². The zero-order valence-corrected chi connectivity index (χ0v) is 11.2. The zero-order chi connectivity index (χ0) is 14.0. The van der Waals surface area contributed by atoms with Gasteiger partial charge in [-0.2, -0.15) is 0 Å². The second-order valence-corrected chi connectivity index (χ2v) is 4.29. The maximum absolute atomic E-state index is 11.6. The van der Waals surface area contributed by atoms with Gasteiger partial charge in [-0.3, -0.25) is 0 Å². The SMILES string of the molecule is CCOC(=O)C(O)c1cc2[nH]c(C)cc2cc1OC. The lowest BCUT2D eigenvalue weighted by Gasteiger charge is -2.14. The first kappa shape index (κ1) is 13.4. The molecule has 1 aromatic carbocycles. The van der Waals surface area contributed by atoms with E-state index in [1.165, 1.54) is 7.11 Å². The number of aliphatic hydroxyl groups is 1. The summed E-state index contributed by atoms with van der Waals surface area (Å²) >= 11 is 0. The van der Waals surface area contributed by atoms with E-state index in [-0.39, 0.29) is 6.61 Å². The van der Waals surface area contributed by atoms with Crippen molar-refractivity contribution in [3.05, 3.63) is 29.5 Å². The molecule has 5 heteroatoms. The number of hydrogen-bond acceptors (Lipinski definition) is 4. The largest absolute Gasteiger partial charge is 0.496 e. The molecule has 2 rings (SSSR count). The number of aliphatic hydroxyl groups excluding tert-OH is 1. The first-order chi connectivity index (χ1) is 9.06. The van der Waals surface area contributed by atoms with Gasteiger partial charge in [0.15, 0.2) is 6.10 Å². The Morgan fingerprint density at radius 2 is 2.16 bits per heavy atom. The highest BCUT2D eigenvalue weighted by Gasteiger charge is 2.23. The molecule has 0 aliphatic carbocycles. The summed E-state index contributed by atoms with van der Waals surface area (Å²) in [6, 6.07) is 5.47. The molecule has 1 unspecified atom stereocenters. The average Bonchev–Trinajstić information content (AvgIpc) is 2.75. The van der Waals surface area contributed by atoms with E-state index in [0.717, 1.165) is 16.6 Å². The van der Waals surface area contributed by atoms with Gasteiger partial charge in [0, 0.05) is 22.2 Å². The summed E-state index contributed by atoms with van der Waals surface area (Å²) in [5.74, 6) is -0.213. The molecule has 0 amide bonds. The van der Waals surface area contributed by atoms with Crippen LogP contribution in [0.15, 0.2) is 18.2 Å². The molecule has 0 saturated heterocycles. The van der Waals surface area contributed by atoms with Gasteiger partial charge in [0.2, 0.25) is 0 Å². The van der Waals surface area contributed by atoms with Crippen LogP contribution in [0.4, 0.5) is 0 Å². The van der Waals surface area contributed by atoms with Crippen LogP contribution in [0.25, 0.3) is 10.9 Å². The normalized spacial score (nSPS) is 12.4. The van der Waals surface area contributed by atoms with Gasteiger partial charge in [-0.05, 0) is 32.0 Å². The monoisotopic (exact) mass is 263 g/mol. The van der Waals surface area contributed by atoms with Crippen molar-refractivity contribution < 1.29 is 19.4 Å². The molecule has 2 aromatic rings. The fraction of sp³-hybridized carbons (Fsp3) is 0.357. The number of carbonyl (C=O) groups excluding carboxylic acids is 1. The highest BCUT2D eigenvalue weighted by atomic mass is 16.5. The Bertz CT molecular complexity index is 603. The number of hydrogen-bond donors (Lipinski definition) is 2. The maximum atomic E-state index is 11.6. The van der Waals surface area contributed by atoms with E-state index in [9.17, 15) is 9.90 Å². The lowest BCUT2D eigenvalue weighted by molar-refractivity contribution is -0.153. The highest BCUT2D eigenvalue weighted by Crippen LogP contribution is 2.31. The molecule has 2 N–H and O–H groups in total. The zero-order valence-electron chi connectivity index (χ0n) is 11.2. The van der Waals surface area contributed by atoms with Crippen LogP contribution >= 0.6 is 0 Å². The lowest BCUT2D eigenvalue weighted by Crippen LogP contribution is -2.16. The van der Waals surface area contributed by atoms with Gasteiger partial charge < -0.3 is 19.6 Å². The molecule has 0 fully saturated rings. The minimum atomic E-state index is -1.34. The van der Waals surface area contributed by atoms with Gasteiger partial charge in [0.25, 0.3) is 0 Å². The number of aromatic amines is 1. The molecule has 102 valence electrons. The number of H-pyrrole nitrogens is 1. The number of aryl methyl sites for hydroxylation is 1. The van der Waals surface area contributed by atoms with Crippen LogP contribution in [0.2, 0.25) is 0 Å². The van der Waals surface area contributed by atoms with Gasteiger partial charge in [0.1, 0.15) is 5.75 Å². The maximum Gasteiger partial charge on any atom is 0.339 e. The predicted molar refractivity (Wildman–Crippen MR) is 71.2 cm³/mol. The fourth-order valence-electron chi connectivity index (χ4n) is 2.06. The van der Waals surface area contributed by atoms with Gasteiger partial charge in [-0.25, -0.2) is 4.79 Å². The number of esters is 1. The Morgan fingerprint density at radius 3 is 2.79 bits per heavy atom. The van der Waals surface area contributed by atoms with Crippen LogP contribution in [0.1, 0.15) is 24.3 Å². The Labute approximate surface area is 111 Å². The van der Waals surface area contributed by atoms with Crippen molar-refractivity contribution in [3.63, 3.8) is 0 Å². The van der Waals surface area contributed by atoms with E-state index in [1.807, 2.05) is 13.0 Å². The Hall–Kier alpha value is -2.01. The topological polar surface area (TPSA) is 71.5 Å². The number of fused-ring (bicyclic) bond motifs is 1. The van der Waals surface area contributed by atoms with Crippen LogP contribution in [-0.2, 0) is 9.53 Å². The van der Waals surface area contributed by atoms with Crippen LogP contribution < -0.4 is 4.74 Å². The molecular weight excluding hydrogens is 246 g/mol. The first-order valence-electron chi connectivity index (χ1n) is 6.08. The summed E-state index contributed by atoms with van der Waals surface area (Å²) in [7, 11) is 1.50. The number of carbonyl (C=O) groups is 1. The van der Waals surface area contributed by atoms with Crippen molar-refractivity contribution in [2.45, 2.75) is 20.0 Å². The molecular formula is C14H17NO4. The minimum absolute atomic E-state index is 0.224. The summed E-state index contributed by atoms with van der Waals surface area (Å²) in [5.41, 5.74) is 2.24. The van der Waals surface area contributed by atoms with E-state index in [0.29, 0.717) is 11.3 Å². The molecule has 1 aromatic heterocycles. The number of benzene rings is 1. The van der Waals surface area contributed by atoms with E-state index < -0.39 is 12.1 Å². The number of ether oxygens (including phenoxy) is 2. The third-order valence-electron chi connectivity index (χ3n) is 2.91. The van der Waals surface area contributed by atoms with E-state index >= 15 is 0 Å². The molecule has 0 bridgehead atoms. The van der Waals surface area contributed by atoms with Gasteiger partial charge in [0.05, 0.1) is 13.7 Å². The number of aromatic nitrogens is 1. The molecule has 0 aliphatic heterocycles. The second kappa shape index (κ2) is 5.32. The fourth-order valence-corrected chi connectivity index (χ4v) is 2.06. The lowest BCUT2D eigenvalue weighted by atomic mass is 10.1. The summed E-state index contributed by atoms with van der Waals surface area (Å²) in [4.78, 5) is 14.8. The number of rotatable bonds is 4. The molecule has 0 saturated carbocycles. The summed E-state index contributed by atoms with van der Waals surface area (Å²) < 4.78 is 10.1. The molecule has 1 atom stereocenters. The predicted octanol–water partition coefficient (Wildman–Crippen LogP) is 2.08. The molecule has 5 nitrogen and oxygen atoms in total. The Kier molecular flexibility index (Phi) is 3.76. The van der Waals surface area contributed by atoms with Crippen molar-refractivity contribution in [2.75, 3.05) is 13.7 Å². The van der Waals surface area contributed by atoms with E-state index in [4.69, 9.17) is 9.47 Å². The molecule has 0 aliphatic rings. The van der Waals surface area contributed by atoms with Crippen LogP contribution in [0.5, 0.6) is 5.75 Å². The van der Waals surface area contributed by atoms with E-state index in [2.05, 4.69) is 4.98 Å². The quantitative estimate of drug-likeness (QED) is 0.828. The number of nitrogens with one attached hydrogen (secondary N) is 1.